The van der Waals surface area contributed by atoms with E-state index in [4.69, 9.17) is 0 Å². The molecule has 2 aromatic heterocycles. The fourth-order valence-electron chi connectivity index (χ4n) is 3.58. The van der Waals surface area contributed by atoms with Crippen LogP contribution in [0.1, 0.15) is 48.2 Å². The van der Waals surface area contributed by atoms with Gasteiger partial charge in [0.25, 0.3) is 0 Å². The molecule has 9 nitrogen and oxygen atoms in total. The van der Waals surface area contributed by atoms with E-state index < -0.39 is 26.2 Å². The van der Waals surface area contributed by atoms with Gasteiger partial charge in [-0.3, -0.25) is 9.59 Å². The SMILES string of the molecule is Cc1cc(-c2cc3sc(C(C(=O)NCC(=O)NC4CC4)S(=O)(=O)C(C)C)nc3cc2C)cnn1. The average Bonchev–Trinajstić information content (AvgIpc) is 3.48. The van der Waals surface area contributed by atoms with Gasteiger partial charge in [0.15, 0.2) is 15.1 Å². The van der Waals surface area contributed by atoms with Crippen molar-refractivity contribution < 1.29 is 18.0 Å². The highest BCUT2D eigenvalue weighted by molar-refractivity contribution is 7.93. The van der Waals surface area contributed by atoms with Crippen molar-refractivity contribution in [2.45, 2.75) is 57.1 Å². The van der Waals surface area contributed by atoms with Crippen LogP contribution in [0.4, 0.5) is 0 Å². The molecule has 1 fully saturated rings. The standard InChI is InChI=1S/C23H27N5O4S2/c1-12(2)34(31,32)21(22(30)24-11-20(29)26-16-5-6-16)23-27-18-7-13(3)17(9-19(18)33-23)15-8-14(4)28-25-10-15/h7-10,12,16,21H,5-6,11H2,1-4H3,(H,24,30)(H,26,29). The van der Waals surface area contributed by atoms with Crippen LogP contribution in [0.25, 0.3) is 21.3 Å². The summed E-state index contributed by atoms with van der Waals surface area (Å²) >= 11 is 1.17. The van der Waals surface area contributed by atoms with Crippen LogP contribution in [-0.4, -0.2) is 53.3 Å². The zero-order valence-corrected chi connectivity index (χ0v) is 21.1. The van der Waals surface area contributed by atoms with Crippen molar-refractivity contribution in [2.75, 3.05) is 6.54 Å². The van der Waals surface area contributed by atoms with Gasteiger partial charge in [-0.05, 0) is 69.9 Å². The minimum atomic E-state index is -3.89. The van der Waals surface area contributed by atoms with Crippen LogP contribution in [0, 0.1) is 13.8 Å². The molecule has 2 heterocycles. The molecule has 1 saturated carbocycles. The molecule has 1 aliphatic carbocycles. The highest BCUT2D eigenvalue weighted by Gasteiger charge is 2.39. The Morgan fingerprint density at radius 1 is 1.18 bits per heavy atom. The quantitative estimate of drug-likeness (QED) is 0.485. The lowest BCUT2D eigenvalue weighted by atomic mass is 10.0. The Balaban J connectivity index is 1.69. The maximum atomic E-state index is 13.2. The lowest BCUT2D eigenvalue weighted by Crippen LogP contribution is -2.42. The first kappa shape index (κ1) is 24.2. The third kappa shape index (κ3) is 5.10. The van der Waals surface area contributed by atoms with Crippen LogP contribution in [0.2, 0.25) is 0 Å². The van der Waals surface area contributed by atoms with Crippen LogP contribution < -0.4 is 10.6 Å². The van der Waals surface area contributed by atoms with Gasteiger partial charge in [0.2, 0.25) is 11.8 Å². The van der Waals surface area contributed by atoms with Gasteiger partial charge in [-0.25, -0.2) is 13.4 Å². The van der Waals surface area contributed by atoms with Gasteiger partial charge in [0.1, 0.15) is 5.01 Å². The molecule has 1 unspecified atom stereocenters. The Morgan fingerprint density at radius 2 is 1.91 bits per heavy atom. The molecular weight excluding hydrogens is 474 g/mol. The monoisotopic (exact) mass is 501 g/mol. The summed E-state index contributed by atoms with van der Waals surface area (Å²) in [4.78, 5) is 29.6. The number of benzene rings is 1. The summed E-state index contributed by atoms with van der Waals surface area (Å²) < 4.78 is 27.1. The zero-order valence-electron chi connectivity index (χ0n) is 19.5. The fraction of sp³-hybridized carbons (Fsp3) is 0.435. The minimum Gasteiger partial charge on any atom is -0.352 e. The van der Waals surface area contributed by atoms with Crippen molar-refractivity contribution in [1.29, 1.82) is 0 Å². The van der Waals surface area contributed by atoms with Crippen LogP contribution in [0.15, 0.2) is 24.4 Å². The fourth-order valence-corrected chi connectivity index (χ4v) is 6.36. The minimum absolute atomic E-state index is 0.153. The van der Waals surface area contributed by atoms with E-state index in [1.54, 1.807) is 6.20 Å². The maximum Gasteiger partial charge on any atom is 0.245 e. The van der Waals surface area contributed by atoms with Gasteiger partial charge < -0.3 is 10.6 Å². The number of nitrogens with zero attached hydrogens (tertiary/aromatic N) is 3. The van der Waals surface area contributed by atoms with E-state index in [1.165, 1.54) is 25.2 Å². The van der Waals surface area contributed by atoms with E-state index in [9.17, 15) is 18.0 Å². The van der Waals surface area contributed by atoms with E-state index in [-0.39, 0.29) is 23.5 Å². The number of amides is 2. The van der Waals surface area contributed by atoms with Crippen molar-refractivity contribution >= 4 is 43.2 Å². The molecular formula is C23H27N5O4S2. The van der Waals surface area contributed by atoms with Gasteiger partial charge in [-0.15, -0.1) is 11.3 Å². The first-order valence-electron chi connectivity index (χ1n) is 11.1. The predicted molar refractivity (Wildman–Crippen MR) is 131 cm³/mol. The van der Waals surface area contributed by atoms with E-state index in [2.05, 4.69) is 25.8 Å². The second-order valence-corrected chi connectivity index (χ2v) is 12.5. The molecule has 0 aliphatic heterocycles. The number of rotatable bonds is 8. The third-order valence-corrected chi connectivity index (χ3v) is 9.29. The molecule has 0 spiro atoms. The average molecular weight is 502 g/mol. The van der Waals surface area contributed by atoms with Gasteiger partial charge in [-0.2, -0.15) is 10.2 Å². The number of hydrogen-bond acceptors (Lipinski definition) is 8. The van der Waals surface area contributed by atoms with E-state index in [1.807, 2.05) is 32.0 Å². The molecule has 1 aromatic carbocycles. The van der Waals surface area contributed by atoms with Gasteiger partial charge >= 0.3 is 0 Å². The topological polar surface area (TPSA) is 131 Å². The van der Waals surface area contributed by atoms with Crippen LogP contribution in [0.3, 0.4) is 0 Å². The molecule has 3 aromatic rings. The van der Waals surface area contributed by atoms with Gasteiger partial charge in [0.05, 0.1) is 33.9 Å². The Kier molecular flexibility index (Phi) is 6.68. The van der Waals surface area contributed by atoms with E-state index in [0.29, 0.717) is 5.52 Å². The van der Waals surface area contributed by atoms with E-state index >= 15 is 0 Å². The highest BCUT2D eigenvalue weighted by atomic mass is 32.2. The Labute approximate surface area is 202 Å². The Bertz CT molecular complexity index is 1360. The summed E-state index contributed by atoms with van der Waals surface area (Å²) in [5.74, 6) is -1.08. The van der Waals surface area contributed by atoms with Crippen LogP contribution in [0.5, 0.6) is 0 Å². The van der Waals surface area contributed by atoms with Gasteiger partial charge in [0, 0.05) is 11.6 Å². The number of thiazole rings is 1. The second kappa shape index (κ2) is 9.38. The maximum absolute atomic E-state index is 13.2. The summed E-state index contributed by atoms with van der Waals surface area (Å²) in [6.45, 7) is 6.59. The Morgan fingerprint density at radius 3 is 2.56 bits per heavy atom. The largest absolute Gasteiger partial charge is 0.352 e. The first-order valence-corrected chi connectivity index (χ1v) is 13.5. The predicted octanol–water partition coefficient (Wildman–Crippen LogP) is 2.63. The normalized spacial score (nSPS) is 14.9. The number of carbonyl (C=O) groups is 2. The number of aryl methyl sites for hydroxylation is 2. The molecule has 0 bridgehead atoms. The molecule has 180 valence electrons. The summed E-state index contributed by atoms with van der Waals surface area (Å²) in [5.41, 5.74) is 4.18. The Hall–Kier alpha value is -2.92. The molecule has 1 atom stereocenters. The molecule has 0 radical (unpaired) electrons. The smallest absolute Gasteiger partial charge is 0.245 e. The van der Waals surface area contributed by atoms with Crippen molar-refractivity contribution in [3.63, 3.8) is 0 Å². The lowest BCUT2D eigenvalue weighted by molar-refractivity contribution is -0.126. The molecule has 0 saturated heterocycles. The summed E-state index contributed by atoms with van der Waals surface area (Å²) in [6, 6.07) is 5.89. The lowest BCUT2D eigenvalue weighted by Gasteiger charge is -2.17. The van der Waals surface area contributed by atoms with Crippen molar-refractivity contribution in [1.82, 2.24) is 25.8 Å². The third-order valence-electron chi connectivity index (χ3n) is 5.65. The summed E-state index contributed by atoms with van der Waals surface area (Å²) in [5, 5.41) is 11.2. The van der Waals surface area contributed by atoms with Crippen molar-refractivity contribution in [3.05, 3.63) is 40.7 Å². The van der Waals surface area contributed by atoms with Crippen LogP contribution >= 0.6 is 11.3 Å². The second-order valence-electron chi connectivity index (χ2n) is 8.85. The van der Waals surface area contributed by atoms with Crippen molar-refractivity contribution in [3.8, 4) is 11.1 Å². The molecule has 2 amide bonds. The summed E-state index contributed by atoms with van der Waals surface area (Å²) in [6.07, 6.45) is 3.52. The molecule has 1 aliphatic rings. The number of nitrogens with one attached hydrogen (secondary N) is 2. The highest BCUT2D eigenvalue weighted by Crippen LogP contribution is 2.36. The molecule has 34 heavy (non-hydrogen) atoms. The summed E-state index contributed by atoms with van der Waals surface area (Å²) in [7, 11) is -3.89. The number of aromatic nitrogens is 3. The van der Waals surface area contributed by atoms with Crippen LogP contribution in [-0.2, 0) is 19.4 Å². The van der Waals surface area contributed by atoms with Gasteiger partial charge in [-0.1, -0.05) is 0 Å². The number of fused-ring (bicyclic) bond motifs is 1. The van der Waals surface area contributed by atoms with Crippen molar-refractivity contribution in [2.24, 2.45) is 0 Å². The molecule has 4 rings (SSSR count). The van der Waals surface area contributed by atoms with E-state index in [0.717, 1.165) is 39.9 Å². The molecule has 2 N–H and O–H groups in total. The molecule has 11 heteroatoms. The number of carbonyl (C=O) groups excluding carboxylic acids is 2. The number of sulfone groups is 1. The number of hydrogen-bond donors (Lipinski definition) is 2. The first-order chi connectivity index (χ1) is 16.1. The zero-order chi connectivity index (χ0) is 24.6.